The third kappa shape index (κ3) is 3.15. The highest BCUT2D eigenvalue weighted by molar-refractivity contribution is 9.10. The molecule has 2 N–H and O–H groups in total. The maximum Gasteiger partial charge on any atom is 0.255 e. The second kappa shape index (κ2) is 5.45. The van der Waals surface area contributed by atoms with E-state index in [-0.39, 0.29) is 11.7 Å². The molecule has 2 rings (SSSR count). The van der Waals surface area contributed by atoms with Crippen LogP contribution >= 0.6 is 15.9 Å². The Morgan fingerprint density at radius 1 is 1.11 bits per heavy atom. The molecular formula is C15H14BrNO2. The lowest BCUT2D eigenvalue weighted by Crippen LogP contribution is -2.12. The monoisotopic (exact) mass is 319 g/mol. The van der Waals surface area contributed by atoms with E-state index < -0.39 is 0 Å². The summed E-state index contributed by atoms with van der Waals surface area (Å²) in [5, 5.41) is 12.4. The van der Waals surface area contributed by atoms with Crippen LogP contribution in [0.3, 0.4) is 0 Å². The third-order valence-corrected chi connectivity index (χ3v) is 3.43. The molecular weight excluding hydrogens is 306 g/mol. The van der Waals surface area contributed by atoms with Crippen LogP contribution in [-0.2, 0) is 0 Å². The van der Waals surface area contributed by atoms with E-state index in [1.807, 2.05) is 19.1 Å². The quantitative estimate of drug-likeness (QED) is 0.821. The van der Waals surface area contributed by atoms with Crippen LogP contribution in [0, 0.1) is 13.8 Å². The van der Waals surface area contributed by atoms with E-state index in [1.165, 1.54) is 0 Å². The second-order valence-electron chi connectivity index (χ2n) is 4.41. The lowest BCUT2D eigenvalue weighted by Gasteiger charge is -2.10. The number of aromatic hydroxyl groups is 1. The van der Waals surface area contributed by atoms with E-state index in [1.54, 1.807) is 31.2 Å². The Kier molecular flexibility index (Phi) is 3.90. The molecule has 0 aliphatic rings. The zero-order chi connectivity index (χ0) is 14.0. The summed E-state index contributed by atoms with van der Waals surface area (Å²) in [6, 6.07) is 10.6. The summed E-state index contributed by atoms with van der Waals surface area (Å²) in [7, 11) is 0. The van der Waals surface area contributed by atoms with Crippen LogP contribution in [0.4, 0.5) is 5.69 Å². The molecule has 0 bridgehead atoms. The van der Waals surface area contributed by atoms with Crippen LogP contribution in [0.25, 0.3) is 0 Å². The summed E-state index contributed by atoms with van der Waals surface area (Å²) in [4.78, 5) is 12.1. The fourth-order valence-corrected chi connectivity index (χ4v) is 2.00. The first-order valence-electron chi connectivity index (χ1n) is 5.84. The van der Waals surface area contributed by atoms with Gasteiger partial charge in [0.25, 0.3) is 5.91 Å². The van der Waals surface area contributed by atoms with Crippen LogP contribution < -0.4 is 5.32 Å². The third-order valence-electron chi connectivity index (χ3n) is 2.90. The number of amides is 1. The highest BCUT2D eigenvalue weighted by Gasteiger charge is 2.09. The topological polar surface area (TPSA) is 49.3 Å². The highest BCUT2D eigenvalue weighted by Crippen LogP contribution is 2.25. The van der Waals surface area contributed by atoms with Gasteiger partial charge in [0.15, 0.2) is 0 Å². The molecule has 4 heteroatoms. The van der Waals surface area contributed by atoms with Gasteiger partial charge in [0, 0.05) is 15.7 Å². The number of phenolic OH excluding ortho intramolecular Hbond substituents is 1. The van der Waals surface area contributed by atoms with Crippen molar-refractivity contribution in [2.75, 3.05) is 5.32 Å². The van der Waals surface area contributed by atoms with Gasteiger partial charge >= 0.3 is 0 Å². The molecule has 0 saturated heterocycles. The lowest BCUT2D eigenvalue weighted by atomic mass is 10.1. The Labute approximate surface area is 120 Å². The normalized spacial score (nSPS) is 10.3. The lowest BCUT2D eigenvalue weighted by molar-refractivity contribution is 0.102. The predicted molar refractivity (Wildman–Crippen MR) is 79.7 cm³/mol. The minimum absolute atomic E-state index is 0.166. The molecule has 0 aromatic heterocycles. The number of benzene rings is 2. The van der Waals surface area contributed by atoms with Crippen LogP contribution in [0.15, 0.2) is 40.9 Å². The standard InChI is InChI=1S/C15H14BrNO2/c1-9-8-14(18)10(2)7-13(9)17-15(19)11-3-5-12(16)6-4-11/h3-8,18H,1-2H3,(H,17,19). The summed E-state index contributed by atoms with van der Waals surface area (Å²) in [5.41, 5.74) is 2.86. The maximum atomic E-state index is 12.1. The van der Waals surface area contributed by atoms with E-state index in [2.05, 4.69) is 21.2 Å². The van der Waals surface area contributed by atoms with Crippen molar-refractivity contribution in [3.05, 3.63) is 57.6 Å². The van der Waals surface area contributed by atoms with Gasteiger partial charge in [-0.05, 0) is 61.4 Å². The molecule has 98 valence electrons. The fourth-order valence-electron chi connectivity index (χ4n) is 1.73. The molecule has 0 saturated carbocycles. The van der Waals surface area contributed by atoms with Gasteiger partial charge in [-0.15, -0.1) is 0 Å². The summed E-state index contributed by atoms with van der Waals surface area (Å²) in [6.45, 7) is 3.64. The van der Waals surface area contributed by atoms with Gasteiger partial charge in [0.05, 0.1) is 0 Å². The molecule has 0 unspecified atom stereocenters. The predicted octanol–water partition coefficient (Wildman–Crippen LogP) is 4.02. The number of hydrogen-bond acceptors (Lipinski definition) is 2. The van der Waals surface area contributed by atoms with Crippen molar-refractivity contribution in [3.8, 4) is 5.75 Å². The Bertz CT molecular complexity index is 621. The second-order valence-corrected chi connectivity index (χ2v) is 5.33. The molecule has 0 aliphatic heterocycles. The summed E-state index contributed by atoms with van der Waals surface area (Å²) >= 11 is 3.33. The Balaban J connectivity index is 2.24. The van der Waals surface area contributed by atoms with Gasteiger partial charge < -0.3 is 10.4 Å². The largest absolute Gasteiger partial charge is 0.508 e. The smallest absolute Gasteiger partial charge is 0.255 e. The van der Waals surface area contributed by atoms with Gasteiger partial charge in [0.2, 0.25) is 0 Å². The number of aryl methyl sites for hydroxylation is 2. The molecule has 0 spiro atoms. The Hall–Kier alpha value is -1.81. The summed E-state index contributed by atoms with van der Waals surface area (Å²) < 4.78 is 0.931. The average Bonchev–Trinajstić information content (AvgIpc) is 2.36. The number of carbonyl (C=O) groups excluding carboxylic acids is 1. The summed E-state index contributed by atoms with van der Waals surface area (Å²) in [6.07, 6.45) is 0. The Morgan fingerprint density at radius 2 is 1.74 bits per heavy atom. The first-order chi connectivity index (χ1) is 8.97. The number of hydrogen-bond donors (Lipinski definition) is 2. The minimum atomic E-state index is -0.166. The zero-order valence-corrected chi connectivity index (χ0v) is 12.3. The van der Waals surface area contributed by atoms with Gasteiger partial charge in [-0.25, -0.2) is 0 Å². The van der Waals surface area contributed by atoms with Gasteiger partial charge in [-0.1, -0.05) is 15.9 Å². The van der Waals surface area contributed by atoms with E-state index in [9.17, 15) is 9.90 Å². The van der Waals surface area contributed by atoms with Crippen LogP contribution in [0.5, 0.6) is 5.75 Å². The molecule has 3 nitrogen and oxygen atoms in total. The molecule has 0 aliphatic carbocycles. The fraction of sp³-hybridized carbons (Fsp3) is 0.133. The SMILES string of the molecule is Cc1cc(NC(=O)c2ccc(Br)cc2)c(C)cc1O. The van der Waals surface area contributed by atoms with Crippen molar-refractivity contribution < 1.29 is 9.90 Å². The zero-order valence-electron chi connectivity index (χ0n) is 10.7. The van der Waals surface area contributed by atoms with Crippen molar-refractivity contribution in [2.45, 2.75) is 13.8 Å². The molecule has 1 amide bonds. The van der Waals surface area contributed by atoms with Gasteiger partial charge in [-0.3, -0.25) is 4.79 Å². The number of anilines is 1. The number of halogens is 1. The van der Waals surface area contributed by atoms with Crippen molar-refractivity contribution in [3.63, 3.8) is 0 Å². The van der Waals surface area contributed by atoms with Crippen LogP contribution in [0.1, 0.15) is 21.5 Å². The van der Waals surface area contributed by atoms with Crippen molar-refractivity contribution >= 4 is 27.5 Å². The first kappa shape index (κ1) is 13.6. The molecule has 2 aromatic rings. The Morgan fingerprint density at radius 3 is 2.37 bits per heavy atom. The van der Waals surface area contributed by atoms with Crippen LogP contribution in [-0.4, -0.2) is 11.0 Å². The van der Waals surface area contributed by atoms with Crippen LogP contribution in [0.2, 0.25) is 0 Å². The van der Waals surface area contributed by atoms with Gasteiger partial charge in [0.1, 0.15) is 5.75 Å². The number of phenols is 1. The van der Waals surface area contributed by atoms with Crippen molar-refractivity contribution in [1.29, 1.82) is 0 Å². The molecule has 0 atom stereocenters. The summed E-state index contributed by atoms with van der Waals surface area (Å²) in [5.74, 6) is 0.0693. The average molecular weight is 320 g/mol. The minimum Gasteiger partial charge on any atom is -0.508 e. The molecule has 0 heterocycles. The molecule has 2 aromatic carbocycles. The van der Waals surface area contributed by atoms with E-state index >= 15 is 0 Å². The molecule has 0 radical (unpaired) electrons. The number of nitrogens with one attached hydrogen (secondary N) is 1. The number of rotatable bonds is 2. The van der Waals surface area contributed by atoms with E-state index in [0.717, 1.165) is 15.6 Å². The highest BCUT2D eigenvalue weighted by atomic mass is 79.9. The van der Waals surface area contributed by atoms with E-state index in [0.29, 0.717) is 11.3 Å². The molecule has 19 heavy (non-hydrogen) atoms. The maximum absolute atomic E-state index is 12.1. The van der Waals surface area contributed by atoms with Gasteiger partial charge in [-0.2, -0.15) is 0 Å². The first-order valence-corrected chi connectivity index (χ1v) is 6.64. The molecule has 0 fully saturated rings. The number of carbonyl (C=O) groups is 1. The van der Waals surface area contributed by atoms with E-state index in [4.69, 9.17) is 0 Å². The van der Waals surface area contributed by atoms with Crippen molar-refractivity contribution in [1.82, 2.24) is 0 Å². The van der Waals surface area contributed by atoms with Crippen molar-refractivity contribution in [2.24, 2.45) is 0 Å².